The van der Waals surface area contributed by atoms with Gasteiger partial charge in [-0.05, 0) is 30.5 Å². The minimum Gasteiger partial charge on any atom is -0.326 e. The maximum absolute atomic E-state index is 12.0. The molecule has 1 aliphatic carbocycles. The SMILES string of the molecule is CC(=O)Nc1ccc(C2CCCCCC2=O)cc1. The summed E-state index contributed by atoms with van der Waals surface area (Å²) in [6, 6.07) is 7.65. The molecule has 0 radical (unpaired) electrons. The highest BCUT2D eigenvalue weighted by molar-refractivity contribution is 5.89. The van der Waals surface area contributed by atoms with E-state index in [1.165, 1.54) is 6.92 Å². The third-order valence-electron chi connectivity index (χ3n) is 3.44. The van der Waals surface area contributed by atoms with Gasteiger partial charge in [-0.1, -0.05) is 25.0 Å². The molecule has 0 aliphatic heterocycles. The maximum atomic E-state index is 12.0. The first-order valence-corrected chi connectivity index (χ1v) is 6.57. The van der Waals surface area contributed by atoms with Gasteiger partial charge in [0, 0.05) is 24.9 Å². The molecule has 18 heavy (non-hydrogen) atoms. The predicted octanol–water partition coefficient (Wildman–Crippen LogP) is 3.26. The largest absolute Gasteiger partial charge is 0.326 e. The van der Waals surface area contributed by atoms with Crippen molar-refractivity contribution in [2.75, 3.05) is 5.32 Å². The van der Waals surface area contributed by atoms with Gasteiger partial charge >= 0.3 is 0 Å². The van der Waals surface area contributed by atoms with Crippen LogP contribution in [0.2, 0.25) is 0 Å². The summed E-state index contributed by atoms with van der Waals surface area (Å²) in [5, 5.41) is 2.73. The van der Waals surface area contributed by atoms with Crippen molar-refractivity contribution in [3.8, 4) is 0 Å². The molecule has 1 fully saturated rings. The first-order valence-electron chi connectivity index (χ1n) is 6.57. The second-order valence-corrected chi connectivity index (χ2v) is 4.92. The number of carbonyl (C=O) groups excluding carboxylic acids is 2. The summed E-state index contributed by atoms with van der Waals surface area (Å²) in [6.07, 6.45) is 4.98. The quantitative estimate of drug-likeness (QED) is 0.813. The number of Topliss-reactive ketones (excluding diaryl/α,β-unsaturated/α-hetero) is 1. The van der Waals surface area contributed by atoms with E-state index in [1.54, 1.807) is 0 Å². The van der Waals surface area contributed by atoms with E-state index >= 15 is 0 Å². The molecule has 0 bridgehead atoms. The average molecular weight is 245 g/mol. The first-order chi connectivity index (χ1) is 8.66. The summed E-state index contributed by atoms with van der Waals surface area (Å²) < 4.78 is 0. The fourth-order valence-electron chi connectivity index (χ4n) is 2.51. The van der Waals surface area contributed by atoms with Crippen LogP contribution >= 0.6 is 0 Å². The van der Waals surface area contributed by atoms with Gasteiger partial charge in [-0.2, -0.15) is 0 Å². The van der Waals surface area contributed by atoms with Crippen LogP contribution in [0.15, 0.2) is 24.3 Å². The van der Waals surface area contributed by atoms with Crippen molar-refractivity contribution >= 4 is 17.4 Å². The summed E-state index contributed by atoms with van der Waals surface area (Å²) in [7, 11) is 0. The zero-order valence-electron chi connectivity index (χ0n) is 10.7. The van der Waals surface area contributed by atoms with Crippen LogP contribution in [0.4, 0.5) is 5.69 Å². The van der Waals surface area contributed by atoms with Crippen LogP contribution in [-0.4, -0.2) is 11.7 Å². The molecule has 1 saturated carbocycles. The highest BCUT2D eigenvalue weighted by atomic mass is 16.1. The van der Waals surface area contributed by atoms with Crippen LogP contribution < -0.4 is 5.32 Å². The Morgan fingerprint density at radius 1 is 1.17 bits per heavy atom. The fraction of sp³-hybridized carbons (Fsp3) is 0.467. The van der Waals surface area contributed by atoms with Gasteiger partial charge in [0.15, 0.2) is 0 Å². The van der Waals surface area contributed by atoms with Gasteiger partial charge in [0.2, 0.25) is 5.91 Å². The highest BCUT2D eigenvalue weighted by Crippen LogP contribution is 2.29. The molecule has 0 spiro atoms. The van der Waals surface area contributed by atoms with Gasteiger partial charge in [-0.3, -0.25) is 9.59 Å². The number of carbonyl (C=O) groups is 2. The Kier molecular flexibility index (Phi) is 4.13. The summed E-state index contributed by atoms with van der Waals surface area (Å²) in [4.78, 5) is 22.9. The summed E-state index contributed by atoms with van der Waals surface area (Å²) in [6.45, 7) is 1.49. The van der Waals surface area contributed by atoms with Gasteiger partial charge in [-0.15, -0.1) is 0 Å². The first kappa shape index (κ1) is 12.8. The third kappa shape index (κ3) is 3.19. The molecule has 0 saturated heterocycles. The molecule has 0 aromatic heterocycles. The van der Waals surface area contributed by atoms with E-state index in [2.05, 4.69) is 5.32 Å². The standard InChI is InChI=1S/C15H19NO2/c1-11(17)16-13-9-7-12(8-10-13)14-5-3-2-4-6-15(14)18/h7-10,14H,2-6H2,1H3,(H,16,17). The molecule has 1 N–H and O–H groups in total. The van der Waals surface area contributed by atoms with Crippen LogP contribution in [0.3, 0.4) is 0 Å². The zero-order chi connectivity index (χ0) is 13.0. The van der Waals surface area contributed by atoms with Crippen molar-refractivity contribution in [1.29, 1.82) is 0 Å². The normalized spacial score (nSPS) is 20.3. The lowest BCUT2D eigenvalue weighted by Gasteiger charge is -2.13. The number of benzene rings is 1. The number of hydrogen-bond acceptors (Lipinski definition) is 2. The molecule has 0 heterocycles. The zero-order valence-corrected chi connectivity index (χ0v) is 10.7. The van der Waals surface area contributed by atoms with Gasteiger partial charge in [0.25, 0.3) is 0 Å². The summed E-state index contributed by atoms with van der Waals surface area (Å²) in [5.74, 6) is 0.340. The average Bonchev–Trinajstić information content (AvgIpc) is 2.54. The summed E-state index contributed by atoms with van der Waals surface area (Å²) in [5.41, 5.74) is 1.86. The highest BCUT2D eigenvalue weighted by Gasteiger charge is 2.22. The van der Waals surface area contributed by atoms with E-state index in [9.17, 15) is 9.59 Å². The van der Waals surface area contributed by atoms with Crippen LogP contribution in [0.25, 0.3) is 0 Å². The number of nitrogens with one attached hydrogen (secondary N) is 1. The van der Waals surface area contributed by atoms with E-state index in [1.807, 2.05) is 24.3 Å². The van der Waals surface area contributed by atoms with Crippen LogP contribution in [0.1, 0.15) is 50.5 Å². The predicted molar refractivity (Wildman–Crippen MR) is 71.6 cm³/mol. The van der Waals surface area contributed by atoms with Crippen LogP contribution in [0, 0.1) is 0 Å². The molecule has 3 heteroatoms. The molecule has 1 atom stereocenters. The molecule has 1 unspecified atom stereocenters. The Labute approximate surface area is 108 Å². The number of ketones is 1. The molecule has 2 rings (SSSR count). The van der Waals surface area contributed by atoms with Crippen molar-refractivity contribution in [3.05, 3.63) is 29.8 Å². The van der Waals surface area contributed by atoms with Crippen molar-refractivity contribution < 1.29 is 9.59 Å². The van der Waals surface area contributed by atoms with Crippen LogP contribution in [0.5, 0.6) is 0 Å². The van der Waals surface area contributed by atoms with Crippen LogP contribution in [-0.2, 0) is 9.59 Å². The molecular formula is C15H19NO2. The van der Waals surface area contributed by atoms with Gasteiger partial charge in [-0.25, -0.2) is 0 Å². The second-order valence-electron chi connectivity index (χ2n) is 4.92. The van der Waals surface area contributed by atoms with Crippen molar-refractivity contribution in [2.45, 2.75) is 44.9 Å². The lowest BCUT2D eigenvalue weighted by molar-refractivity contribution is -0.120. The van der Waals surface area contributed by atoms with Gasteiger partial charge in [0.1, 0.15) is 5.78 Å². The Balaban J connectivity index is 2.12. The summed E-state index contributed by atoms with van der Waals surface area (Å²) >= 11 is 0. The smallest absolute Gasteiger partial charge is 0.221 e. The minimum absolute atomic E-state index is 0.0545. The van der Waals surface area contributed by atoms with Crippen molar-refractivity contribution in [1.82, 2.24) is 0 Å². The lowest BCUT2D eigenvalue weighted by Crippen LogP contribution is -2.11. The molecule has 96 valence electrons. The molecule has 3 nitrogen and oxygen atoms in total. The van der Waals surface area contributed by atoms with Gasteiger partial charge < -0.3 is 5.32 Å². The molecule has 1 aromatic rings. The molecule has 1 aliphatic rings. The Morgan fingerprint density at radius 2 is 1.89 bits per heavy atom. The van der Waals surface area contributed by atoms with E-state index in [4.69, 9.17) is 0 Å². The third-order valence-corrected chi connectivity index (χ3v) is 3.44. The Hall–Kier alpha value is -1.64. The van der Waals surface area contributed by atoms with E-state index in [0.29, 0.717) is 12.2 Å². The Morgan fingerprint density at radius 3 is 2.56 bits per heavy atom. The minimum atomic E-state index is -0.0757. The number of rotatable bonds is 2. The maximum Gasteiger partial charge on any atom is 0.221 e. The number of hydrogen-bond donors (Lipinski definition) is 1. The lowest BCUT2D eigenvalue weighted by atomic mass is 9.91. The van der Waals surface area contributed by atoms with E-state index in [-0.39, 0.29) is 11.8 Å². The van der Waals surface area contributed by atoms with E-state index in [0.717, 1.165) is 36.9 Å². The molecule has 1 amide bonds. The van der Waals surface area contributed by atoms with Crippen molar-refractivity contribution in [3.63, 3.8) is 0 Å². The van der Waals surface area contributed by atoms with Gasteiger partial charge in [0.05, 0.1) is 0 Å². The number of anilines is 1. The number of amides is 1. The fourth-order valence-corrected chi connectivity index (χ4v) is 2.51. The topological polar surface area (TPSA) is 46.2 Å². The van der Waals surface area contributed by atoms with E-state index < -0.39 is 0 Å². The Bertz CT molecular complexity index is 436. The second kappa shape index (κ2) is 5.80. The molecule has 1 aromatic carbocycles. The molecular weight excluding hydrogens is 226 g/mol. The van der Waals surface area contributed by atoms with Crippen molar-refractivity contribution in [2.24, 2.45) is 0 Å². The monoisotopic (exact) mass is 245 g/mol.